The maximum Gasteiger partial charge on any atom is 0.231 e. The second-order valence-corrected chi connectivity index (χ2v) is 5.83. The lowest BCUT2D eigenvalue weighted by atomic mass is 9.99. The molecule has 108 valence electrons. The molecule has 4 heteroatoms. The molecule has 0 amide bonds. The van der Waals surface area contributed by atoms with Crippen LogP contribution in [0.4, 0.5) is 0 Å². The first-order valence-corrected chi connectivity index (χ1v) is 7.14. The van der Waals surface area contributed by atoms with Crippen molar-refractivity contribution in [1.29, 1.82) is 0 Å². The van der Waals surface area contributed by atoms with Crippen LogP contribution in [0.5, 0.6) is 11.5 Å². The number of nitrogens with one attached hydrogen (secondary N) is 1. The molecular weight excluding hydrogens is 254 g/mol. The molecule has 1 aliphatic heterocycles. The summed E-state index contributed by atoms with van der Waals surface area (Å²) in [5, 5.41) is 4.55. The Labute approximate surface area is 119 Å². The molecule has 0 radical (unpaired) electrons. The Morgan fingerprint density at radius 1 is 1.10 bits per heavy atom. The Kier molecular flexibility index (Phi) is 3.34. The SMILES string of the molecule is CC(C)NCc1oc2cc3c(cc2c1C(C)C)OCO3. The summed E-state index contributed by atoms with van der Waals surface area (Å²) >= 11 is 0. The van der Waals surface area contributed by atoms with Crippen molar-refractivity contribution in [3.63, 3.8) is 0 Å². The van der Waals surface area contributed by atoms with E-state index in [0.717, 1.165) is 34.8 Å². The van der Waals surface area contributed by atoms with Gasteiger partial charge >= 0.3 is 0 Å². The van der Waals surface area contributed by atoms with Gasteiger partial charge in [0.15, 0.2) is 11.5 Å². The molecule has 0 bridgehead atoms. The normalized spacial score (nSPS) is 13.9. The molecule has 0 atom stereocenters. The van der Waals surface area contributed by atoms with Crippen molar-refractivity contribution in [2.75, 3.05) is 6.79 Å². The predicted octanol–water partition coefficient (Wildman–Crippen LogP) is 3.78. The van der Waals surface area contributed by atoms with Crippen LogP contribution in [0, 0.1) is 0 Å². The third-order valence-corrected chi connectivity index (χ3v) is 3.55. The molecule has 0 fully saturated rings. The minimum absolute atomic E-state index is 0.292. The fourth-order valence-corrected chi connectivity index (χ4v) is 2.62. The largest absolute Gasteiger partial charge is 0.459 e. The van der Waals surface area contributed by atoms with Crippen molar-refractivity contribution < 1.29 is 13.9 Å². The van der Waals surface area contributed by atoms with Gasteiger partial charge in [-0.25, -0.2) is 0 Å². The standard InChI is InChI=1S/C16H21NO3/c1-9(2)16-11-5-13-14(19-8-18-13)6-12(11)20-15(16)7-17-10(3)4/h5-6,9-10,17H,7-8H2,1-4H3. The minimum atomic E-state index is 0.292. The van der Waals surface area contributed by atoms with E-state index in [1.807, 2.05) is 12.1 Å². The lowest BCUT2D eigenvalue weighted by Crippen LogP contribution is -2.22. The van der Waals surface area contributed by atoms with Crippen LogP contribution >= 0.6 is 0 Å². The molecule has 20 heavy (non-hydrogen) atoms. The van der Waals surface area contributed by atoms with Crippen molar-refractivity contribution in [1.82, 2.24) is 5.32 Å². The summed E-state index contributed by atoms with van der Waals surface area (Å²) in [5.74, 6) is 2.99. The van der Waals surface area contributed by atoms with E-state index in [-0.39, 0.29) is 0 Å². The highest BCUT2D eigenvalue weighted by Gasteiger charge is 2.22. The second kappa shape index (κ2) is 5.02. The molecule has 1 aliphatic rings. The molecule has 0 aliphatic carbocycles. The van der Waals surface area contributed by atoms with Gasteiger partial charge in [0.25, 0.3) is 0 Å². The van der Waals surface area contributed by atoms with Crippen molar-refractivity contribution in [3.8, 4) is 11.5 Å². The van der Waals surface area contributed by atoms with Crippen LogP contribution < -0.4 is 14.8 Å². The van der Waals surface area contributed by atoms with Gasteiger partial charge in [0, 0.05) is 23.1 Å². The van der Waals surface area contributed by atoms with Crippen molar-refractivity contribution in [3.05, 3.63) is 23.5 Å². The fraction of sp³-hybridized carbons (Fsp3) is 0.500. The van der Waals surface area contributed by atoms with Crippen LogP contribution in [0.1, 0.15) is 44.9 Å². The predicted molar refractivity (Wildman–Crippen MR) is 78.4 cm³/mol. The van der Waals surface area contributed by atoms with Gasteiger partial charge in [-0.15, -0.1) is 0 Å². The third kappa shape index (κ3) is 2.24. The molecule has 1 aromatic heterocycles. The topological polar surface area (TPSA) is 43.6 Å². The van der Waals surface area contributed by atoms with E-state index in [1.165, 1.54) is 5.56 Å². The van der Waals surface area contributed by atoms with E-state index >= 15 is 0 Å². The average molecular weight is 275 g/mol. The minimum Gasteiger partial charge on any atom is -0.459 e. The zero-order valence-electron chi connectivity index (χ0n) is 12.4. The zero-order valence-corrected chi connectivity index (χ0v) is 12.4. The van der Waals surface area contributed by atoms with Gasteiger partial charge in [0.1, 0.15) is 11.3 Å². The summed E-state index contributed by atoms with van der Waals surface area (Å²) in [6.45, 7) is 9.68. The number of fused-ring (bicyclic) bond motifs is 2. The van der Waals surface area contributed by atoms with Gasteiger partial charge in [-0.05, 0) is 12.0 Å². The van der Waals surface area contributed by atoms with E-state index in [0.29, 0.717) is 18.8 Å². The molecule has 2 aromatic rings. The number of rotatable bonds is 4. The quantitative estimate of drug-likeness (QED) is 0.922. The van der Waals surface area contributed by atoms with Gasteiger partial charge < -0.3 is 19.2 Å². The lowest BCUT2D eigenvalue weighted by Gasteiger charge is -2.09. The third-order valence-electron chi connectivity index (χ3n) is 3.55. The zero-order chi connectivity index (χ0) is 14.3. The van der Waals surface area contributed by atoms with Crippen LogP contribution in [0.15, 0.2) is 16.5 Å². The number of ether oxygens (including phenoxy) is 2. The maximum absolute atomic E-state index is 6.04. The van der Waals surface area contributed by atoms with Crippen LogP contribution in [-0.2, 0) is 6.54 Å². The first kappa shape index (κ1) is 13.3. The van der Waals surface area contributed by atoms with E-state index < -0.39 is 0 Å². The van der Waals surface area contributed by atoms with Crippen LogP contribution in [0.3, 0.4) is 0 Å². The van der Waals surface area contributed by atoms with Gasteiger partial charge in [-0.3, -0.25) is 0 Å². The van der Waals surface area contributed by atoms with Crippen LogP contribution in [-0.4, -0.2) is 12.8 Å². The first-order chi connectivity index (χ1) is 9.56. The summed E-state index contributed by atoms with van der Waals surface area (Å²) in [4.78, 5) is 0. The van der Waals surface area contributed by atoms with E-state index in [9.17, 15) is 0 Å². The summed E-state index contributed by atoms with van der Waals surface area (Å²) in [6, 6.07) is 4.40. The molecule has 3 rings (SSSR count). The molecule has 0 saturated carbocycles. The summed E-state index contributed by atoms with van der Waals surface area (Å²) < 4.78 is 16.9. The molecule has 0 spiro atoms. The van der Waals surface area contributed by atoms with Crippen LogP contribution in [0.25, 0.3) is 11.0 Å². The number of benzene rings is 1. The van der Waals surface area contributed by atoms with Crippen molar-refractivity contribution in [2.45, 2.75) is 46.2 Å². The Bertz CT molecular complexity index is 628. The average Bonchev–Trinajstić information content (AvgIpc) is 2.95. The van der Waals surface area contributed by atoms with Gasteiger partial charge in [0.2, 0.25) is 6.79 Å². The van der Waals surface area contributed by atoms with Crippen molar-refractivity contribution >= 4 is 11.0 Å². The van der Waals surface area contributed by atoms with E-state index in [2.05, 4.69) is 33.0 Å². The fourth-order valence-electron chi connectivity index (χ4n) is 2.62. The Hall–Kier alpha value is -1.68. The maximum atomic E-state index is 6.04. The van der Waals surface area contributed by atoms with Gasteiger partial charge in [-0.2, -0.15) is 0 Å². The molecule has 2 heterocycles. The Morgan fingerprint density at radius 2 is 1.80 bits per heavy atom. The van der Waals surface area contributed by atoms with E-state index in [1.54, 1.807) is 0 Å². The summed E-state index contributed by atoms with van der Waals surface area (Å²) in [7, 11) is 0. The number of hydrogen-bond donors (Lipinski definition) is 1. The molecule has 1 aromatic carbocycles. The Balaban J connectivity index is 2.08. The molecular formula is C16H21NO3. The highest BCUT2D eigenvalue weighted by molar-refractivity contribution is 5.86. The Morgan fingerprint density at radius 3 is 2.45 bits per heavy atom. The lowest BCUT2D eigenvalue weighted by molar-refractivity contribution is 0.174. The van der Waals surface area contributed by atoms with Gasteiger partial charge in [0.05, 0.1) is 6.54 Å². The number of furan rings is 1. The number of hydrogen-bond acceptors (Lipinski definition) is 4. The van der Waals surface area contributed by atoms with E-state index in [4.69, 9.17) is 13.9 Å². The second-order valence-electron chi connectivity index (χ2n) is 5.83. The molecule has 1 N–H and O–H groups in total. The van der Waals surface area contributed by atoms with Crippen molar-refractivity contribution in [2.24, 2.45) is 0 Å². The molecule has 0 unspecified atom stereocenters. The molecule has 0 saturated heterocycles. The highest BCUT2D eigenvalue weighted by Crippen LogP contribution is 2.41. The monoisotopic (exact) mass is 275 g/mol. The molecule has 4 nitrogen and oxygen atoms in total. The summed E-state index contributed by atoms with van der Waals surface area (Å²) in [5.41, 5.74) is 2.13. The van der Waals surface area contributed by atoms with Crippen LogP contribution in [0.2, 0.25) is 0 Å². The van der Waals surface area contributed by atoms with Gasteiger partial charge in [-0.1, -0.05) is 27.7 Å². The smallest absolute Gasteiger partial charge is 0.231 e. The highest BCUT2D eigenvalue weighted by atomic mass is 16.7. The first-order valence-electron chi connectivity index (χ1n) is 7.14. The summed E-state index contributed by atoms with van der Waals surface area (Å²) in [6.07, 6.45) is 0.